The van der Waals surface area contributed by atoms with Crippen LogP contribution in [0.4, 0.5) is 4.79 Å². The maximum Gasteiger partial charge on any atom is 0.407 e. The fourth-order valence-electron chi connectivity index (χ4n) is 3.42. The van der Waals surface area contributed by atoms with Gasteiger partial charge in [0.15, 0.2) is 0 Å². The van der Waals surface area contributed by atoms with Crippen molar-refractivity contribution in [2.75, 3.05) is 6.54 Å². The van der Waals surface area contributed by atoms with E-state index in [0.717, 1.165) is 34.7 Å². The predicted octanol–water partition coefficient (Wildman–Crippen LogP) is 4.47. The van der Waals surface area contributed by atoms with Crippen molar-refractivity contribution in [1.82, 2.24) is 15.6 Å². The summed E-state index contributed by atoms with van der Waals surface area (Å²) in [7, 11) is 0. The lowest BCUT2D eigenvalue weighted by molar-refractivity contribution is -0.122. The minimum Gasteiger partial charge on any atom is -0.444 e. The molecule has 7 heteroatoms. The number of nitrogens with zero attached hydrogens (tertiary/aromatic N) is 1. The van der Waals surface area contributed by atoms with Gasteiger partial charge in [0.05, 0.1) is 22.7 Å². The second-order valence-corrected chi connectivity index (χ2v) is 10.3. The molecule has 0 spiro atoms. The summed E-state index contributed by atoms with van der Waals surface area (Å²) in [4.78, 5) is 29.2. The first-order valence-electron chi connectivity index (χ1n) is 10.3. The molecule has 1 atom stereocenters. The fraction of sp³-hybridized carbons (Fsp3) is 0.522. The average Bonchev–Trinajstić information content (AvgIpc) is 3.42. The molecule has 1 saturated carbocycles. The normalized spacial score (nSPS) is 15.9. The Balaban J connectivity index is 1.56. The molecule has 1 unspecified atom stereocenters. The van der Waals surface area contributed by atoms with Crippen molar-refractivity contribution < 1.29 is 14.3 Å². The van der Waals surface area contributed by atoms with Gasteiger partial charge in [0, 0.05) is 17.5 Å². The second kappa shape index (κ2) is 8.76. The van der Waals surface area contributed by atoms with Crippen LogP contribution in [0.3, 0.4) is 0 Å². The van der Waals surface area contributed by atoms with Crippen molar-refractivity contribution >= 4 is 23.3 Å². The van der Waals surface area contributed by atoms with Gasteiger partial charge >= 0.3 is 6.09 Å². The third-order valence-corrected chi connectivity index (χ3v) is 5.91. The van der Waals surface area contributed by atoms with E-state index in [1.165, 1.54) is 0 Å². The van der Waals surface area contributed by atoms with Crippen LogP contribution in [0, 0.1) is 12.8 Å². The summed E-state index contributed by atoms with van der Waals surface area (Å²) < 4.78 is 5.32. The second-order valence-electron chi connectivity index (χ2n) is 9.22. The molecule has 1 aliphatic rings. The van der Waals surface area contributed by atoms with Crippen molar-refractivity contribution in [1.29, 1.82) is 0 Å². The Morgan fingerprint density at radius 1 is 1.17 bits per heavy atom. The van der Waals surface area contributed by atoms with Crippen molar-refractivity contribution in [3.05, 3.63) is 40.2 Å². The van der Waals surface area contributed by atoms with Crippen LogP contribution in [0.15, 0.2) is 29.6 Å². The third-order valence-electron chi connectivity index (χ3n) is 5.14. The number of alkyl carbamates (subject to hydrolysis) is 1. The summed E-state index contributed by atoms with van der Waals surface area (Å²) in [5.74, 6) is 0.319. The van der Waals surface area contributed by atoms with Crippen molar-refractivity contribution in [2.45, 2.75) is 65.0 Å². The van der Waals surface area contributed by atoms with Gasteiger partial charge in [-0.25, -0.2) is 9.78 Å². The van der Waals surface area contributed by atoms with Crippen LogP contribution >= 0.6 is 11.3 Å². The van der Waals surface area contributed by atoms with Crippen molar-refractivity contribution in [2.24, 2.45) is 5.92 Å². The number of rotatable bonds is 7. The van der Waals surface area contributed by atoms with Gasteiger partial charge in [0.25, 0.3) is 0 Å². The number of thiazole rings is 1. The Bertz CT molecular complexity index is 897. The Hall–Kier alpha value is -2.41. The molecule has 0 saturated heterocycles. The van der Waals surface area contributed by atoms with Crippen LogP contribution < -0.4 is 10.6 Å². The highest BCUT2D eigenvalue weighted by Crippen LogP contribution is 2.39. The first-order chi connectivity index (χ1) is 14.0. The summed E-state index contributed by atoms with van der Waals surface area (Å²) in [6, 6.07) is 7.94. The SMILES string of the molecule is Cc1nc(-c2ccc(CC(=O)NC(C)(CNC(=O)OC(C)(C)C)C3CC3)cc2)cs1. The molecule has 1 aromatic heterocycles. The zero-order chi connectivity index (χ0) is 21.9. The van der Waals surface area contributed by atoms with Gasteiger partial charge in [-0.05, 0) is 58.9 Å². The third kappa shape index (κ3) is 6.29. The van der Waals surface area contributed by atoms with Crippen LogP contribution in [0.1, 0.15) is 51.1 Å². The van der Waals surface area contributed by atoms with E-state index in [-0.39, 0.29) is 5.91 Å². The Labute approximate surface area is 182 Å². The number of hydrogen-bond donors (Lipinski definition) is 2. The summed E-state index contributed by atoms with van der Waals surface area (Å²) in [6.07, 6.45) is 1.94. The van der Waals surface area contributed by atoms with E-state index >= 15 is 0 Å². The summed E-state index contributed by atoms with van der Waals surface area (Å²) in [5.41, 5.74) is 1.93. The quantitative estimate of drug-likeness (QED) is 0.680. The van der Waals surface area contributed by atoms with Crippen LogP contribution in [0.25, 0.3) is 11.3 Å². The highest BCUT2D eigenvalue weighted by molar-refractivity contribution is 7.09. The van der Waals surface area contributed by atoms with Crippen molar-refractivity contribution in [3.8, 4) is 11.3 Å². The van der Waals surface area contributed by atoms with Crippen LogP contribution in [-0.2, 0) is 16.0 Å². The first kappa shape index (κ1) is 22.3. The molecule has 0 bridgehead atoms. The maximum absolute atomic E-state index is 12.7. The number of carbonyl (C=O) groups is 2. The molecule has 2 N–H and O–H groups in total. The molecule has 6 nitrogen and oxygen atoms in total. The molecule has 162 valence electrons. The number of aryl methyl sites for hydroxylation is 1. The molecule has 2 amide bonds. The molecule has 0 aliphatic heterocycles. The zero-order valence-electron chi connectivity index (χ0n) is 18.4. The fourth-order valence-corrected chi connectivity index (χ4v) is 4.04. The van der Waals surface area contributed by atoms with E-state index in [1.54, 1.807) is 11.3 Å². The molecule has 3 rings (SSSR count). The first-order valence-corrected chi connectivity index (χ1v) is 11.2. The van der Waals surface area contributed by atoms with Gasteiger partial charge in [-0.1, -0.05) is 24.3 Å². The molecule has 1 heterocycles. The summed E-state index contributed by atoms with van der Waals surface area (Å²) >= 11 is 1.62. The highest BCUT2D eigenvalue weighted by Gasteiger charge is 2.43. The molecular weight excluding hydrogens is 398 g/mol. The number of ether oxygens (including phenoxy) is 1. The lowest BCUT2D eigenvalue weighted by Gasteiger charge is -2.32. The minimum atomic E-state index is -0.549. The van der Waals surface area contributed by atoms with E-state index < -0.39 is 17.2 Å². The van der Waals surface area contributed by atoms with Gasteiger partial charge in [0.2, 0.25) is 5.91 Å². The summed E-state index contributed by atoms with van der Waals surface area (Å²) in [6.45, 7) is 9.81. The molecule has 30 heavy (non-hydrogen) atoms. The van der Waals surface area contributed by atoms with Gasteiger partial charge in [-0.3, -0.25) is 4.79 Å². The number of hydrogen-bond acceptors (Lipinski definition) is 5. The van der Waals surface area contributed by atoms with Gasteiger partial charge in [0.1, 0.15) is 5.60 Å². The number of aromatic nitrogens is 1. The van der Waals surface area contributed by atoms with Gasteiger partial charge < -0.3 is 15.4 Å². The van der Waals surface area contributed by atoms with E-state index in [2.05, 4.69) is 15.6 Å². The largest absolute Gasteiger partial charge is 0.444 e. The lowest BCUT2D eigenvalue weighted by atomic mass is 9.95. The van der Waals surface area contributed by atoms with E-state index in [0.29, 0.717) is 18.9 Å². The summed E-state index contributed by atoms with van der Waals surface area (Å²) in [5, 5.41) is 9.04. The van der Waals surface area contributed by atoms with Gasteiger partial charge in [-0.15, -0.1) is 11.3 Å². The Morgan fingerprint density at radius 3 is 2.37 bits per heavy atom. The molecular formula is C23H31N3O3S. The minimum absolute atomic E-state index is 0.0485. The Morgan fingerprint density at radius 2 is 1.83 bits per heavy atom. The number of nitrogens with one attached hydrogen (secondary N) is 2. The molecule has 1 aliphatic carbocycles. The van der Waals surface area contributed by atoms with Gasteiger partial charge in [-0.2, -0.15) is 0 Å². The van der Waals surface area contributed by atoms with Crippen LogP contribution in [0.2, 0.25) is 0 Å². The van der Waals surface area contributed by atoms with Crippen LogP contribution in [-0.4, -0.2) is 34.7 Å². The lowest BCUT2D eigenvalue weighted by Crippen LogP contribution is -2.56. The zero-order valence-corrected chi connectivity index (χ0v) is 19.2. The average molecular weight is 430 g/mol. The molecule has 1 fully saturated rings. The van der Waals surface area contributed by atoms with E-state index in [1.807, 2.05) is 64.3 Å². The standard InChI is InChI=1S/C23H31N3O3S/c1-15-25-19(13-30-15)17-8-6-16(7-9-17)12-20(27)26-23(5,18-10-11-18)14-24-21(28)29-22(2,3)4/h6-9,13,18H,10-12,14H2,1-5H3,(H,24,28)(H,26,27). The molecule has 1 aromatic carbocycles. The van der Waals surface area contributed by atoms with Crippen molar-refractivity contribution in [3.63, 3.8) is 0 Å². The molecule has 0 radical (unpaired) electrons. The predicted molar refractivity (Wildman–Crippen MR) is 119 cm³/mol. The van der Waals surface area contributed by atoms with E-state index in [9.17, 15) is 9.59 Å². The number of carbonyl (C=O) groups excluding carboxylic acids is 2. The molecule has 2 aromatic rings. The Kier molecular flexibility index (Phi) is 6.50. The number of amides is 2. The smallest absolute Gasteiger partial charge is 0.407 e. The monoisotopic (exact) mass is 429 g/mol. The topological polar surface area (TPSA) is 80.3 Å². The highest BCUT2D eigenvalue weighted by atomic mass is 32.1. The van der Waals surface area contributed by atoms with Crippen LogP contribution in [0.5, 0.6) is 0 Å². The number of benzene rings is 1. The van der Waals surface area contributed by atoms with E-state index in [4.69, 9.17) is 4.74 Å². The maximum atomic E-state index is 12.7.